The third-order valence-electron chi connectivity index (χ3n) is 5.57. The van der Waals surface area contributed by atoms with E-state index in [0.29, 0.717) is 19.4 Å². The summed E-state index contributed by atoms with van der Waals surface area (Å²) in [5.41, 5.74) is 4.09. The molecule has 1 unspecified atom stereocenters. The van der Waals surface area contributed by atoms with E-state index in [9.17, 15) is 13.2 Å². The second-order valence-corrected chi connectivity index (χ2v) is 9.73. The maximum Gasteiger partial charge on any atom is 0.240 e. The fourth-order valence-electron chi connectivity index (χ4n) is 3.81. The van der Waals surface area contributed by atoms with Gasteiger partial charge in [-0.2, -0.15) is 0 Å². The number of carbonyl (C=O) groups excluding carboxylic acids is 1. The smallest absolute Gasteiger partial charge is 0.240 e. The Bertz CT molecular complexity index is 995. The van der Waals surface area contributed by atoms with Crippen LogP contribution in [-0.4, -0.2) is 26.9 Å². The monoisotopic (exact) mass is 398 g/mol. The van der Waals surface area contributed by atoms with E-state index in [0.717, 1.165) is 29.7 Å². The van der Waals surface area contributed by atoms with E-state index in [1.807, 2.05) is 43.0 Å². The first-order chi connectivity index (χ1) is 13.3. The Labute approximate surface area is 166 Å². The van der Waals surface area contributed by atoms with Gasteiger partial charge in [-0.3, -0.25) is 4.79 Å². The van der Waals surface area contributed by atoms with E-state index < -0.39 is 10.0 Å². The number of rotatable bonds is 6. The van der Waals surface area contributed by atoms with Gasteiger partial charge in [0.15, 0.2) is 0 Å². The minimum atomic E-state index is -3.57. The van der Waals surface area contributed by atoms with Crippen molar-refractivity contribution in [3.63, 3.8) is 0 Å². The third-order valence-corrected chi connectivity index (χ3v) is 7.03. The molecule has 1 amide bonds. The number of benzene rings is 2. The van der Waals surface area contributed by atoms with Crippen LogP contribution in [0.3, 0.4) is 0 Å². The average molecular weight is 399 g/mol. The SMILES string of the molecule is Cc1ccc(CCNS(=O)(=O)c2ccc3c(c2)CC(C)N3C(=O)C2CC2)cc1. The Hall–Kier alpha value is -2.18. The molecule has 0 radical (unpaired) electrons. The second kappa shape index (κ2) is 7.33. The molecule has 1 aliphatic carbocycles. The molecule has 0 spiro atoms. The molecule has 1 aliphatic heterocycles. The summed E-state index contributed by atoms with van der Waals surface area (Å²) in [6.07, 6.45) is 3.27. The van der Waals surface area contributed by atoms with Gasteiger partial charge in [0, 0.05) is 24.2 Å². The van der Waals surface area contributed by atoms with Crippen LogP contribution in [0.2, 0.25) is 0 Å². The number of amides is 1. The maximum atomic E-state index is 12.7. The van der Waals surface area contributed by atoms with Crippen LogP contribution >= 0.6 is 0 Å². The molecule has 2 aromatic carbocycles. The van der Waals surface area contributed by atoms with Gasteiger partial charge in [0.05, 0.1) is 4.90 Å². The van der Waals surface area contributed by atoms with Crippen LogP contribution in [0.25, 0.3) is 0 Å². The Morgan fingerprint density at radius 1 is 1.14 bits per heavy atom. The number of anilines is 1. The lowest BCUT2D eigenvalue weighted by Crippen LogP contribution is -2.36. The molecular formula is C22H26N2O3S. The zero-order valence-electron chi connectivity index (χ0n) is 16.3. The van der Waals surface area contributed by atoms with Gasteiger partial charge in [-0.1, -0.05) is 29.8 Å². The fraction of sp³-hybridized carbons (Fsp3) is 0.409. The predicted molar refractivity (Wildman–Crippen MR) is 110 cm³/mol. The maximum absolute atomic E-state index is 12.7. The fourth-order valence-corrected chi connectivity index (χ4v) is 4.89. The summed E-state index contributed by atoms with van der Waals surface area (Å²) in [4.78, 5) is 14.7. The molecule has 0 saturated heterocycles. The highest BCUT2D eigenvalue weighted by Crippen LogP contribution is 2.39. The summed E-state index contributed by atoms with van der Waals surface area (Å²) >= 11 is 0. The Kier molecular flexibility index (Phi) is 5.02. The lowest BCUT2D eigenvalue weighted by Gasteiger charge is -2.22. The minimum Gasteiger partial charge on any atom is -0.309 e. The van der Waals surface area contributed by atoms with E-state index in [1.54, 1.807) is 18.2 Å². The molecule has 1 heterocycles. The van der Waals surface area contributed by atoms with E-state index in [-0.39, 0.29) is 22.8 Å². The molecule has 0 bridgehead atoms. The lowest BCUT2D eigenvalue weighted by atomic mass is 10.1. The van der Waals surface area contributed by atoms with Crippen molar-refractivity contribution in [3.8, 4) is 0 Å². The normalized spacial score (nSPS) is 18.9. The van der Waals surface area contributed by atoms with Crippen LogP contribution in [0, 0.1) is 12.8 Å². The van der Waals surface area contributed by atoms with Crippen molar-refractivity contribution in [3.05, 3.63) is 59.2 Å². The van der Waals surface area contributed by atoms with Crippen molar-refractivity contribution in [1.29, 1.82) is 0 Å². The van der Waals surface area contributed by atoms with Crippen LogP contribution < -0.4 is 9.62 Å². The summed E-state index contributed by atoms with van der Waals surface area (Å²) in [5, 5.41) is 0. The number of sulfonamides is 1. The van der Waals surface area contributed by atoms with Crippen LogP contribution in [-0.2, 0) is 27.7 Å². The van der Waals surface area contributed by atoms with Gasteiger partial charge >= 0.3 is 0 Å². The Balaban J connectivity index is 1.46. The number of nitrogens with one attached hydrogen (secondary N) is 1. The van der Waals surface area contributed by atoms with E-state index in [2.05, 4.69) is 4.72 Å². The summed E-state index contributed by atoms with van der Waals surface area (Å²) in [7, 11) is -3.57. The summed E-state index contributed by atoms with van der Waals surface area (Å²) in [6.45, 7) is 4.40. The van der Waals surface area contributed by atoms with E-state index >= 15 is 0 Å². The molecule has 4 rings (SSSR count). The minimum absolute atomic E-state index is 0.0792. The Morgan fingerprint density at radius 2 is 1.86 bits per heavy atom. The predicted octanol–water partition coefficient (Wildman–Crippen LogP) is 3.20. The second-order valence-electron chi connectivity index (χ2n) is 7.96. The van der Waals surface area contributed by atoms with E-state index in [1.165, 1.54) is 5.56 Å². The van der Waals surface area contributed by atoms with Gasteiger partial charge in [-0.25, -0.2) is 13.1 Å². The molecule has 0 aromatic heterocycles. The highest BCUT2D eigenvalue weighted by atomic mass is 32.2. The molecule has 28 heavy (non-hydrogen) atoms. The molecule has 6 heteroatoms. The van der Waals surface area contributed by atoms with Gasteiger partial charge in [0.2, 0.25) is 15.9 Å². The average Bonchev–Trinajstić information content (AvgIpc) is 3.45. The zero-order valence-corrected chi connectivity index (χ0v) is 17.1. The first-order valence-corrected chi connectivity index (χ1v) is 11.3. The highest BCUT2D eigenvalue weighted by Gasteiger charge is 2.39. The van der Waals surface area contributed by atoms with Crippen molar-refractivity contribution < 1.29 is 13.2 Å². The molecule has 1 saturated carbocycles. The molecule has 1 atom stereocenters. The molecule has 148 valence electrons. The molecule has 1 fully saturated rings. The molecule has 2 aliphatic rings. The number of fused-ring (bicyclic) bond motifs is 1. The van der Waals surface area contributed by atoms with Crippen molar-refractivity contribution in [2.45, 2.75) is 50.5 Å². The third kappa shape index (κ3) is 3.84. The van der Waals surface area contributed by atoms with Crippen LogP contribution in [0.1, 0.15) is 36.5 Å². The number of nitrogens with zero attached hydrogens (tertiary/aromatic N) is 1. The van der Waals surface area contributed by atoms with Gasteiger partial charge in [-0.15, -0.1) is 0 Å². The first-order valence-electron chi connectivity index (χ1n) is 9.86. The van der Waals surface area contributed by atoms with Gasteiger partial charge < -0.3 is 4.90 Å². The number of hydrogen-bond acceptors (Lipinski definition) is 3. The van der Waals surface area contributed by atoms with Crippen molar-refractivity contribution in [2.75, 3.05) is 11.4 Å². The first kappa shape index (κ1) is 19.2. The van der Waals surface area contributed by atoms with Crippen LogP contribution in [0.4, 0.5) is 5.69 Å². The van der Waals surface area contributed by atoms with Gasteiger partial charge in [0.1, 0.15) is 0 Å². The highest BCUT2D eigenvalue weighted by molar-refractivity contribution is 7.89. The zero-order chi connectivity index (χ0) is 19.9. The van der Waals surface area contributed by atoms with Crippen molar-refractivity contribution >= 4 is 21.6 Å². The van der Waals surface area contributed by atoms with E-state index in [4.69, 9.17) is 0 Å². The topological polar surface area (TPSA) is 66.5 Å². The molecule has 2 aromatic rings. The van der Waals surface area contributed by atoms with Gasteiger partial charge in [0.25, 0.3) is 0 Å². The Morgan fingerprint density at radius 3 is 2.54 bits per heavy atom. The number of carbonyl (C=O) groups is 1. The molecule has 5 nitrogen and oxygen atoms in total. The molecule has 1 N–H and O–H groups in total. The molecular weight excluding hydrogens is 372 g/mol. The number of aryl methyl sites for hydroxylation is 1. The van der Waals surface area contributed by atoms with Crippen molar-refractivity contribution in [1.82, 2.24) is 4.72 Å². The van der Waals surface area contributed by atoms with Gasteiger partial charge in [-0.05, 0) is 68.9 Å². The van der Waals surface area contributed by atoms with Crippen molar-refractivity contribution in [2.24, 2.45) is 5.92 Å². The largest absolute Gasteiger partial charge is 0.309 e. The van der Waals surface area contributed by atoms with Crippen LogP contribution in [0.5, 0.6) is 0 Å². The van der Waals surface area contributed by atoms with Crippen LogP contribution in [0.15, 0.2) is 47.4 Å². The lowest BCUT2D eigenvalue weighted by molar-refractivity contribution is -0.120. The number of hydrogen-bond donors (Lipinski definition) is 1. The summed E-state index contributed by atoms with van der Waals surface area (Å²) in [6, 6.07) is 13.3. The quantitative estimate of drug-likeness (QED) is 0.813. The summed E-state index contributed by atoms with van der Waals surface area (Å²) in [5.74, 6) is 0.332. The standard InChI is InChI=1S/C22H26N2O3S/c1-15-3-5-17(6-4-15)11-12-23-28(26,27)20-9-10-21-19(14-20)13-16(2)24(21)22(25)18-7-8-18/h3-6,9-10,14,16,18,23H,7-8,11-13H2,1-2H3. The summed E-state index contributed by atoms with van der Waals surface area (Å²) < 4.78 is 28.1.